The molecule has 3 N–H and O–H groups in total. The van der Waals surface area contributed by atoms with Crippen LogP contribution in [0.5, 0.6) is 5.75 Å². The summed E-state index contributed by atoms with van der Waals surface area (Å²) in [4.78, 5) is 11.9. The molecule has 106 valence electrons. The second-order valence-corrected chi connectivity index (χ2v) is 5.02. The average Bonchev–Trinajstić information content (AvgIpc) is 2.34. The van der Waals surface area contributed by atoms with Crippen LogP contribution in [0, 0.1) is 0 Å². The zero-order valence-corrected chi connectivity index (χ0v) is 12.3. The van der Waals surface area contributed by atoms with Crippen molar-refractivity contribution in [2.45, 2.75) is 45.8 Å². The van der Waals surface area contributed by atoms with E-state index in [9.17, 15) is 4.79 Å². The van der Waals surface area contributed by atoms with Gasteiger partial charge >= 0.3 is 0 Å². The number of amides is 1. The zero-order valence-electron chi connectivity index (χ0n) is 11.6. The molecule has 1 rings (SSSR count). The number of halogens is 1. The maximum absolute atomic E-state index is 11.9. The monoisotopic (exact) mass is 284 g/mol. The number of para-hydroxylation sites is 1. The third-order valence-electron chi connectivity index (χ3n) is 2.77. The molecule has 0 aliphatic heterocycles. The number of nitrogen functional groups attached to an aromatic ring is 1. The molecule has 1 amide bonds. The van der Waals surface area contributed by atoms with Gasteiger partial charge in [0.15, 0.2) is 11.9 Å². The maximum atomic E-state index is 11.9. The first-order valence-corrected chi connectivity index (χ1v) is 6.84. The minimum absolute atomic E-state index is 0.132. The van der Waals surface area contributed by atoms with Crippen molar-refractivity contribution in [2.75, 3.05) is 5.73 Å². The van der Waals surface area contributed by atoms with Crippen molar-refractivity contribution in [3.05, 3.63) is 23.2 Å². The van der Waals surface area contributed by atoms with Crippen LogP contribution in [-0.2, 0) is 4.79 Å². The van der Waals surface area contributed by atoms with Crippen molar-refractivity contribution in [1.82, 2.24) is 5.32 Å². The fourth-order valence-corrected chi connectivity index (χ4v) is 1.97. The van der Waals surface area contributed by atoms with Crippen LogP contribution in [0.4, 0.5) is 5.69 Å². The van der Waals surface area contributed by atoms with Crippen molar-refractivity contribution >= 4 is 23.2 Å². The minimum atomic E-state index is -0.637. The number of hydrogen-bond acceptors (Lipinski definition) is 3. The molecule has 0 fully saturated rings. The molecular weight excluding hydrogens is 264 g/mol. The maximum Gasteiger partial charge on any atom is 0.260 e. The van der Waals surface area contributed by atoms with Crippen LogP contribution in [0.1, 0.15) is 33.6 Å². The predicted octanol–water partition coefficient (Wildman–Crippen LogP) is 2.99. The Labute approximate surface area is 119 Å². The van der Waals surface area contributed by atoms with Gasteiger partial charge in [-0.3, -0.25) is 4.79 Å². The van der Waals surface area contributed by atoms with Crippen LogP contribution in [0.2, 0.25) is 5.02 Å². The average molecular weight is 285 g/mol. The number of rotatable bonds is 6. The Hall–Kier alpha value is -1.42. The summed E-state index contributed by atoms with van der Waals surface area (Å²) in [5.74, 6) is 0.190. The lowest BCUT2D eigenvalue weighted by Gasteiger charge is -2.19. The molecule has 0 saturated carbocycles. The molecule has 0 heterocycles. The van der Waals surface area contributed by atoms with Crippen molar-refractivity contribution in [1.29, 1.82) is 0 Å². The van der Waals surface area contributed by atoms with E-state index in [1.165, 1.54) is 0 Å². The second kappa shape index (κ2) is 7.24. The van der Waals surface area contributed by atoms with E-state index in [0.29, 0.717) is 16.5 Å². The summed E-state index contributed by atoms with van der Waals surface area (Å²) in [7, 11) is 0. The molecule has 1 aromatic rings. The van der Waals surface area contributed by atoms with E-state index >= 15 is 0 Å². The van der Waals surface area contributed by atoms with Gasteiger partial charge in [0, 0.05) is 6.04 Å². The van der Waals surface area contributed by atoms with Gasteiger partial charge in [0.05, 0.1) is 10.7 Å². The van der Waals surface area contributed by atoms with Crippen molar-refractivity contribution < 1.29 is 9.53 Å². The second-order valence-electron chi connectivity index (χ2n) is 4.62. The first-order valence-electron chi connectivity index (χ1n) is 6.46. The fraction of sp³-hybridized carbons (Fsp3) is 0.500. The Morgan fingerprint density at radius 3 is 2.74 bits per heavy atom. The summed E-state index contributed by atoms with van der Waals surface area (Å²) in [6, 6.07) is 5.23. The molecule has 1 aromatic carbocycles. The molecule has 0 saturated heterocycles. The van der Waals surface area contributed by atoms with Crippen LogP contribution >= 0.6 is 11.6 Å². The lowest BCUT2D eigenvalue weighted by atomic mass is 10.2. The van der Waals surface area contributed by atoms with Gasteiger partial charge in [-0.15, -0.1) is 0 Å². The number of nitrogens with two attached hydrogens (primary N) is 1. The molecule has 0 aromatic heterocycles. The number of nitrogens with one attached hydrogen (secondary N) is 1. The largest absolute Gasteiger partial charge is 0.477 e. The van der Waals surface area contributed by atoms with Gasteiger partial charge in [-0.2, -0.15) is 0 Å². The van der Waals surface area contributed by atoms with Crippen LogP contribution in [0.25, 0.3) is 0 Å². The molecule has 2 atom stereocenters. The standard InChI is InChI=1S/C14H21ClN2O2/c1-4-6-9(2)17-14(18)10(3)19-13-11(15)7-5-8-12(13)16/h5,7-10H,4,6,16H2,1-3H3,(H,17,18). The highest BCUT2D eigenvalue weighted by Crippen LogP contribution is 2.31. The minimum Gasteiger partial charge on any atom is -0.477 e. The molecule has 0 radical (unpaired) electrons. The molecule has 19 heavy (non-hydrogen) atoms. The van der Waals surface area contributed by atoms with E-state index in [0.717, 1.165) is 12.8 Å². The van der Waals surface area contributed by atoms with Crippen molar-refractivity contribution in [2.24, 2.45) is 0 Å². The number of carbonyl (C=O) groups is 1. The molecular formula is C14H21ClN2O2. The van der Waals surface area contributed by atoms with Crippen LogP contribution in [0.3, 0.4) is 0 Å². The third kappa shape index (κ3) is 4.63. The van der Waals surface area contributed by atoms with Gasteiger partial charge in [-0.05, 0) is 32.4 Å². The van der Waals surface area contributed by atoms with E-state index in [-0.39, 0.29) is 11.9 Å². The van der Waals surface area contributed by atoms with Crippen LogP contribution < -0.4 is 15.8 Å². The lowest BCUT2D eigenvalue weighted by Crippen LogP contribution is -2.41. The number of carbonyl (C=O) groups excluding carboxylic acids is 1. The number of benzene rings is 1. The van der Waals surface area contributed by atoms with Crippen LogP contribution in [0.15, 0.2) is 18.2 Å². The highest BCUT2D eigenvalue weighted by Gasteiger charge is 2.18. The van der Waals surface area contributed by atoms with Gasteiger partial charge in [-0.25, -0.2) is 0 Å². The fourth-order valence-electron chi connectivity index (χ4n) is 1.75. The molecule has 5 heteroatoms. The Balaban J connectivity index is 2.64. The SMILES string of the molecule is CCCC(C)NC(=O)C(C)Oc1c(N)cccc1Cl. The van der Waals surface area contributed by atoms with Crippen molar-refractivity contribution in [3.63, 3.8) is 0 Å². The summed E-state index contributed by atoms with van der Waals surface area (Å²) < 4.78 is 5.55. The number of ether oxygens (including phenoxy) is 1. The zero-order chi connectivity index (χ0) is 14.4. The van der Waals surface area contributed by atoms with E-state index in [1.807, 2.05) is 6.92 Å². The molecule has 2 unspecified atom stereocenters. The summed E-state index contributed by atoms with van der Waals surface area (Å²) in [5, 5.41) is 3.30. The Morgan fingerprint density at radius 2 is 2.16 bits per heavy atom. The van der Waals surface area contributed by atoms with Crippen molar-refractivity contribution in [3.8, 4) is 5.75 Å². The molecule has 4 nitrogen and oxygen atoms in total. The molecule has 0 aliphatic rings. The van der Waals surface area contributed by atoms with Gasteiger partial charge < -0.3 is 15.8 Å². The normalized spacial score (nSPS) is 13.7. The van der Waals surface area contributed by atoms with E-state index in [4.69, 9.17) is 22.1 Å². The summed E-state index contributed by atoms with van der Waals surface area (Å²) in [6.45, 7) is 5.72. The lowest BCUT2D eigenvalue weighted by molar-refractivity contribution is -0.127. The Bertz CT molecular complexity index is 417. The van der Waals surface area contributed by atoms with E-state index in [2.05, 4.69) is 12.2 Å². The van der Waals surface area contributed by atoms with Gasteiger partial charge in [0.2, 0.25) is 0 Å². The number of hydrogen-bond donors (Lipinski definition) is 2. The van der Waals surface area contributed by atoms with Crippen LogP contribution in [-0.4, -0.2) is 18.1 Å². The molecule has 0 bridgehead atoms. The van der Waals surface area contributed by atoms with Gasteiger partial charge in [-0.1, -0.05) is 31.0 Å². The topological polar surface area (TPSA) is 64.3 Å². The quantitative estimate of drug-likeness (QED) is 0.789. The smallest absolute Gasteiger partial charge is 0.260 e. The first-order chi connectivity index (χ1) is 8.95. The summed E-state index contributed by atoms with van der Waals surface area (Å²) in [6.07, 6.45) is 1.32. The Morgan fingerprint density at radius 1 is 1.47 bits per heavy atom. The van der Waals surface area contributed by atoms with Gasteiger partial charge in [0.25, 0.3) is 5.91 Å². The molecule has 0 aliphatic carbocycles. The van der Waals surface area contributed by atoms with E-state index in [1.54, 1.807) is 25.1 Å². The predicted molar refractivity (Wildman–Crippen MR) is 78.5 cm³/mol. The van der Waals surface area contributed by atoms with E-state index < -0.39 is 6.10 Å². The third-order valence-corrected chi connectivity index (χ3v) is 3.07. The number of anilines is 1. The highest BCUT2D eigenvalue weighted by molar-refractivity contribution is 6.32. The van der Waals surface area contributed by atoms with Gasteiger partial charge in [0.1, 0.15) is 0 Å². The first kappa shape index (κ1) is 15.6. The Kier molecular flexibility index (Phi) is 5.96. The summed E-state index contributed by atoms with van der Waals surface area (Å²) >= 11 is 6.00. The molecule has 0 spiro atoms. The summed E-state index contributed by atoms with van der Waals surface area (Å²) in [5.41, 5.74) is 6.20. The highest BCUT2D eigenvalue weighted by atomic mass is 35.5.